The van der Waals surface area contributed by atoms with E-state index in [0.717, 1.165) is 46.1 Å². The molecule has 34 heavy (non-hydrogen) atoms. The zero-order chi connectivity index (χ0) is 24.5. The predicted molar refractivity (Wildman–Crippen MR) is 129 cm³/mol. The van der Waals surface area contributed by atoms with Gasteiger partial charge in [-0.1, -0.05) is 18.6 Å². The van der Waals surface area contributed by atoms with E-state index in [1.165, 1.54) is 13.1 Å². The van der Waals surface area contributed by atoms with Gasteiger partial charge in [0.05, 0.1) is 18.6 Å². The Morgan fingerprint density at radius 2 is 1.85 bits per heavy atom. The molecule has 1 heterocycles. The lowest BCUT2D eigenvalue weighted by atomic mass is 9.84. The highest BCUT2D eigenvalue weighted by atomic mass is 32.2. The molecule has 9 heteroatoms. The Bertz CT molecular complexity index is 1180. The van der Waals surface area contributed by atoms with Gasteiger partial charge in [0, 0.05) is 31.2 Å². The normalized spacial score (nSPS) is 17.9. The average molecular weight is 486 g/mol. The number of fused-ring (bicyclic) bond motifs is 1. The van der Waals surface area contributed by atoms with E-state index in [2.05, 4.69) is 5.32 Å². The van der Waals surface area contributed by atoms with Crippen molar-refractivity contribution >= 4 is 27.5 Å². The van der Waals surface area contributed by atoms with Gasteiger partial charge in [-0.3, -0.25) is 9.59 Å². The number of amides is 2. The number of hydrogen-bond acceptors (Lipinski definition) is 5. The summed E-state index contributed by atoms with van der Waals surface area (Å²) in [6.07, 6.45) is 3.55. The van der Waals surface area contributed by atoms with Crippen LogP contribution in [0.3, 0.4) is 0 Å². The van der Waals surface area contributed by atoms with E-state index in [0.29, 0.717) is 6.42 Å². The summed E-state index contributed by atoms with van der Waals surface area (Å²) in [5.41, 5.74) is 2.52. The molecule has 0 unspecified atom stereocenters. The number of nitrogens with zero attached hydrogens (tertiary/aromatic N) is 2. The Kier molecular flexibility index (Phi) is 6.95. The number of ether oxygens (including phenoxy) is 1. The number of anilines is 1. The fourth-order valence-corrected chi connectivity index (χ4v) is 5.60. The summed E-state index contributed by atoms with van der Waals surface area (Å²) >= 11 is 0. The van der Waals surface area contributed by atoms with Crippen molar-refractivity contribution in [3.8, 4) is 5.75 Å². The molecule has 2 aromatic rings. The number of rotatable bonds is 8. The number of hydrogen-bond donors (Lipinski definition) is 1. The molecule has 2 amide bonds. The van der Waals surface area contributed by atoms with Crippen LogP contribution < -0.4 is 15.0 Å². The van der Waals surface area contributed by atoms with Crippen molar-refractivity contribution in [3.05, 3.63) is 53.6 Å². The number of nitrogens with one attached hydrogen (secondary N) is 1. The molecule has 1 aliphatic carbocycles. The first-order valence-electron chi connectivity index (χ1n) is 11.5. The van der Waals surface area contributed by atoms with Gasteiger partial charge in [-0.15, -0.1) is 0 Å². The summed E-state index contributed by atoms with van der Waals surface area (Å²) in [7, 11) is -0.884. The van der Waals surface area contributed by atoms with E-state index >= 15 is 0 Å². The fourth-order valence-electron chi connectivity index (χ4n) is 4.42. The summed E-state index contributed by atoms with van der Waals surface area (Å²) in [4.78, 5) is 27.2. The standard InChI is InChI=1S/C25H31N3O5S/c1-17-13-20-14-22(11-12-23(20)28(17)25(30)19-5-4-6-19)34(31,32)27(2)16-24(29)26-15-18-7-9-21(33-3)10-8-18/h7-12,14,17,19H,4-6,13,15-16H2,1-3H3,(H,26,29)/t17-/m0/s1. The van der Waals surface area contributed by atoms with Crippen LogP contribution in [0.15, 0.2) is 47.4 Å². The van der Waals surface area contributed by atoms with Crippen molar-refractivity contribution in [1.29, 1.82) is 0 Å². The lowest BCUT2D eigenvalue weighted by Gasteiger charge is -2.32. The van der Waals surface area contributed by atoms with Gasteiger partial charge in [-0.2, -0.15) is 4.31 Å². The molecular formula is C25H31N3O5S. The van der Waals surface area contributed by atoms with Gasteiger partial charge in [-0.25, -0.2) is 8.42 Å². The second-order valence-corrected chi connectivity index (χ2v) is 11.1. The van der Waals surface area contributed by atoms with Crippen molar-refractivity contribution < 1.29 is 22.7 Å². The summed E-state index contributed by atoms with van der Waals surface area (Å²) in [6, 6.07) is 12.2. The molecule has 1 aliphatic heterocycles. The Morgan fingerprint density at radius 3 is 2.47 bits per heavy atom. The molecule has 2 aromatic carbocycles. The van der Waals surface area contributed by atoms with Gasteiger partial charge in [0.25, 0.3) is 0 Å². The SMILES string of the molecule is COc1ccc(CNC(=O)CN(C)S(=O)(=O)c2ccc3c(c2)C[C@H](C)N3C(=O)C2CCC2)cc1. The summed E-state index contributed by atoms with van der Waals surface area (Å²) < 4.78 is 32.4. The first-order valence-corrected chi connectivity index (χ1v) is 13.0. The van der Waals surface area contributed by atoms with Crippen LogP contribution in [0, 0.1) is 5.92 Å². The smallest absolute Gasteiger partial charge is 0.243 e. The van der Waals surface area contributed by atoms with Crippen LogP contribution >= 0.6 is 0 Å². The molecule has 0 aromatic heterocycles. The minimum absolute atomic E-state index is 0.00233. The van der Waals surface area contributed by atoms with Gasteiger partial charge in [0.15, 0.2) is 0 Å². The Hall–Kier alpha value is -2.91. The van der Waals surface area contributed by atoms with E-state index in [1.807, 2.05) is 24.0 Å². The monoisotopic (exact) mass is 485 g/mol. The second kappa shape index (κ2) is 9.76. The Balaban J connectivity index is 1.40. The highest BCUT2D eigenvalue weighted by Crippen LogP contribution is 2.38. The maximum absolute atomic E-state index is 13.1. The largest absolute Gasteiger partial charge is 0.497 e. The topological polar surface area (TPSA) is 96.0 Å². The molecule has 0 saturated heterocycles. The third-order valence-corrected chi connectivity index (χ3v) is 8.48. The van der Waals surface area contributed by atoms with E-state index < -0.39 is 15.9 Å². The maximum atomic E-state index is 13.1. The molecule has 1 fully saturated rings. The zero-order valence-corrected chi connectivity index (χ0v) is 20.6. The van der Waals surface area contributed by atoms with Crippen LogP contribution in [-0.2, 0) is 32.6 Å². The van der Waals surface area contributed by atoms with E-state index in [-0.39, 0.29) is 35.9 Å². The highest BCUT2D eigenvalue weighted by Gasteiger charge is 2.37. The molecule has 0 radical (unpaired) electrons. The van der Waals surface area contributed by atoms with Gasteiger partial charge in [0.1, 0.15) is 5.75 Å². The van der Waals surface area contributed by atoms with E-state index in [1.54, 1.807) is 31.4 Å². The minimum Gasteiger partial charge on any atom is -0.497 e. The molecule has 0 bridgehead atoms. The van der Waals surface area contributed by atoms with Crippen LogP contribution in [0.5, 0.6) is 5.75 Å². The number of methoxy groups -OCH3 is 1. The molecule has 182 valence electrons. The van der Waals surface area contributed by atoms with Crippen molar-refractivity contribution in [2.75, 3.05) is 25.6 Å². The molecular weight excluding hydrogens is 454 g/mol. The summed E-state index contributed by atoms with van der Waals surface area (Å²) in [5, 5.41) is 2.75. The lowest BCUT2D eigenvalue weighted by Crippen LogP contribution is -2.42. The van der Waals surface area contributed by atoms with Gasteiger partial charge in [0.2, 0.25) is 21.8 Å². The third kappa shape index (κ3) is 4.81. The van der Waals surface area contributed by atoms with E-state index in [9.17, 15) is 18.0 Å². The zero-order valence-electron chi connectivity index (χ0n) is 19.8. The predicted octanol–water partition coefficient (Wildman–Crippen LogP) is 2.71. The van der Waals surface area contributed by atoms with Crippen LogP contribution in [0.25, 0.3) is 0 Å². The molecule has 0 spiro atoms. The summed E-state index contributed by atoms with van der Waals surface area (Å²) in [6.45, 7) is 1.99. The number of carbonyl (C=O) groups excluding carboxylic acids is 2. The Labute approximate surface area is 200 Å². The Morgan fingerprint density at radius 1 is 1.15 bits per heavy atom. The first-order chi connectivity index (χ1) is 16.2. The van der Waals surface area contributed by atoms with Crippen molar-refractivity contribution in [3.63, 3.8) is 0 Å². The highest BCUT2D eigenvalue weighted by molar-refractivity contribution is 7.89. The molecule has 8 nitrogen and oxygen atoms in total. The first kappa shape index (κ1) is 24.2. The van der Waals surface area contributed by atoms with Crippen molar-refractivity contribution in [2.45, 2.75) is 50.1 Å². The molecule has 1 atom stereocenters. The lowest BCUT2D eigenvalue weighted by molar-refractivity contribution is -0.125. The minimum atomic E-state index is -3.86. The summed E-state index contributed by atoms with van der Waals surface area (Å²) in [5.74, 6) is 0.548. The van der Waals surface area contributed by atoms with Gasteiger partial charge in [-0.05, 0) is 67.6 Å². The molecule has 1 N–H and O–H groups in total. The quantitative estimate of drug-likeness (QED) is 0.620. The fraction of sp³-hybridized carbons (Fsp3) is 0.440. The van der Waals surface area contributed by atoms with Crippen LogP contribution in [0.4, 0.5) is 5.69 Å². The number of likely N-dealkylation sites (N-methyl/N-ethyl adjacent to an activating group) is 1. The number of sulfonamides is 1. The number of benzene rings is 2. The second-order valence-electron chi connectivity index (χ2n) is 9.07. The van der Waals surface area contributed by atoms with Crippen molar-refractivity contribution in [1.82, 2.24) is 9.62 Å². The molecule has 2 aliphatic rings. The molecule has 4 rings (SSSR count). The van der Waals surface area contributed by atoms with Crippen LogP contribution in [-0.4, -0.2) is 51.3 Å². The van der Waals surface area contributed by atoms with Crippen LogP contribution in [0.1, 0.15) is 37.3 Å². The third-order valence-electron chi connectivity index (χ3n) is 6.68. The average Bonchev–Trinajstić information content (AvgIpc) is 3.11. The maximum Gasteiger partial charge on any atom is 0.243 e. The number of carbonyl (C=O) groups is 2. The van der Waals surface area contributed by atoms with E-state index in [4.69, 9.17) is 4.74 Å². The van der Waals surface area contributed by atoms with Crippen LogP contribution in [0.2, 0.25) is 0 Å². The molecule has 1 saturated carbocycles. The van der Waals surface area contributed by atoms with Gasteiger partial charge >= 0.3 is 0 Å². The van der Waals surface area contributed by atoms with Crippen molar-refractivity contribution in [2.24, 2.45) is 5.92 Å². The van der Waals surface area contributed by atoms with Gasteiger partial charge < -0.3 is 15.0 Å².